The smallest absolute Gasteiger partial charge is 0.406 e. The van der Waals surface area contributed by atoms with Crippen LogP contribution in [-0.2, 0) is 0 Å². The van der Waals surface area contributed by atoms with Crippen molar-refractivity contribution in [1.82, 2.24) is 0 Å². The zero-order chi connectivity index (χ0) is 12.0. The maximum Gasteiger partial charge on any atom is 0.573 e. The van der Waals surface area contributed by atoms with Gasteiger partial charge in [-0.05, 0) is 24.1 Å². The molecule has 1 N–H and O–H groups in total. The molecule has 0 aliphatic carbocycles. The molecule has 0 bridgehead atoms. The van der Waals surface area contributed by atoms with Gasteiger partial charge >= 0.3 is 6.36 Å². The van der Waals surface area contributed by atoms with E-state index in [9.17, 15) is 13.2 Å². The minimum Gasteiger partial charge on any atom is -0.406 e. The van der Waals surface area contributed by atoms with Gasteiger partial charge in [-0.1, -0.05) is 24.3 Å². The molecular formula is C11H11F3O2. The molecule has 2 nitrogen and oxygen atoms in total. The van der Waals surface area contributed by atoms with Crippen LogP contribution >= 0.6 is 0 Å². The first kappa shape index (κ1) is 12.6. The molecule has 0 fully saturated rings. The van der Waals surface area contributed by atoms with Gasteiger partial charge in [-0.2, -0.15) is 0 Å². The summed E-state index contributed by atoms with van der Waals surface area (Å²) in [6.45, 7) is 0.00917. The molecule has 1 rings (SSSR count). The van der Waals surface area contributed by atoms with Crippen LogP contribution in [0.15, 0.2) is 30.3 Å². The summed E-state index contributed by atoms with van der Waals surface area (Å²) >= 11 is 0. The fourth-order valence-electron chi connectivity index (χ4n) is 1.11. The number of ether oxygens (including phenoxy) is 1. The molecule has 1 aromatic carbocycles. The molecule has 0 radical (unpaired) electrons. The molecule has 0 saturated heterocycles. The predicted molar refractivity (Wildman–Crippen MR) is 53.9 cm³/mol. The third-order valence-corrected chi connectivity index (χ3v) is 1.70. The van der Waals surface area contributed by atoms with Crippen molar-refractivity contribution in [3.8, 4) is 5.75 Å². The quantitative estimate of drug-likeness (QED) is 0.864. The van der Waals surface area contributed by atoms with Gasteiger partial charge in [0.15, 0.2) is 0 Å². The van der Waals surface area contributed by atoms with Gasteiger partial charge in [-0.3, -0.25) is 0 Å². The zero-order valence-corrected chi connectivity index (χ0v) is 8.37. The molecular weight excluding hydrogens is 221 g/mol. The summed E-state index contributed by atoms with van der Waals surface area (Å²) in [5.74, 6) is -0.251. The Morgan fingerprint density at radius 1 is 1.31 bits per heavy atom. The third kappa shape index (κ3) is 4.84. The molecule has 1 aromatic rings. The van der Waals surface area contributed by atoms with Crippen LogP contribution in [0.2, 0.25) is 0 Å². The first-order valence-electron chi connectivity index (χ1n) is 4.64. The summed E-state index contributed by atoms with van der Waals surface area (Å²) in [5.41, 5.74) is 0.593. The van der Waals surface area contributed by atoms with E-state index in [0.29, 0.717) is 12.0 Å². The molecule has 0 aliphatic rings. The van der Waals surface area contributed by atoms with Gasteiger partial charge in [-0.15, -0.1) is 13.2 Å². The Balaban J connectivity index is 2.71. The Morgan fingerprint density at radius 2 is 2.06 bits per heavy atom. The van der Waals surface area contributed by atoms with E-state index in [2.05, 4.69) is 4.74 Å². The van der Waals surface area contributed by atoms with Gasteiger partial charge in [0.25, 0.3) is 0 Å². The van der Waals surface area contributed by atoms with Crippen molar-refractivity contribution in [2.45, 2.75) is 12.8 Å². The lowest BCUT2D eigenvalue weighted by Crippen LogP contribution is -2.17. The molecule has 0 saturated carbocycles. The highest BCUT2D eigenvalue weighted by molar-refractivity contribution is 5.51. The van der Waals surface area contributed by atoms with Gasteiger partial charge in [-0.25, -0.2) is 0 Å². The van der Waals surface area contributed by atoms with Crippen LogP contribution in [-0.4, -0.2) is 18.1 Å². The van der Waals surface area contributed by atoms with Gasteiger partial charge in [0, 0.05) is 6.61 Å². The lowest BCUT2D eigenvalue weighted by Gasteiger charge is -2.08. The molecule has 0 unspecified atom stereocenters. The minimum absolute atomic E-state index is 0.00917. The maximum absolute atomic E-state index is 11.9. The van der Waals surface area contributed by atoms with E-state index >= 15 is 0 Å². The van der Waals surface area contributed by atoms with Crippen molar-refractivity contribution in [3.05, 3.63) is 35.9 Å². The Hall–Kier alpha value is -1.49. The van der Waals surface area contributed by atoms with Crippen molar-refractivity contribution in [2.24, 2.45) is 0 Å². The molecule has 0 aliphatic heterocycles. The average molecular weight is 232 g/mol. The molecule has 0 spiro atoms. The topological polar surface area (TPSA) is 29.5 Å². The summed E-state index contributed by atoms with van der Waals surface area (Å²) in [6.07, 6.45) is -0.913. The second-order valence-corrected chi connectivity index (χ2v) is 3.03. The number of hydrogen-bond donors (Lipinski definition) is 1. The van der Waals surface area contributed by atoms with Gasteiger partial charge < -0.3 is 9.84 Å². The Kier molecular flexibility index (Phi) is 4.37. The summed E-state index contributed by atoms with van der Waals surface area (Å²) in [6, 6.07) is 5.63. The van der Waals surface area contributed by atoms with E-state index in [1.165, 1.54) is 18.2 Å². The van der Waals surface area contributed by atoms with Crippen LogP contribution in [0.5, 0.6) is 5.75 Å². The molecule has 0 aromatic heterocycles. The highest BCUT2D eigenvalue weighted by Crippen LogP contribution is 2.23. The molecule has 0 amide bonds. The summed E-state index contributed by atoms with van der Waals surface area (Å²) < 4.78 is 39.5. The Bertz CT molecular complexity index is 358. The number of aliphatic hydroxyl groups is 1. The molecule has 88 valence electrons. The average Bonchev–Trinajstić information content (AvgIpc) is 2.16. The first-order chi connectivity index (χ1) is 7.51. The van der Waals surface area contributed by atoms with Crippen molar-refractivity contribution >= 4 is 6.08 Å². The second-order valence-electron chi connectivity index (χ2n) is 3.03. The second kappa shape index (κ2) is 5.55. The van der Waals surface area contributed by atoms with Crippen LogP contribution in [0, 0.1) is 0 Å². The highest BCUT2D eigenvalue weighted by Gasteiger charge is 2.30. The Labute approximate surface area is 91.0 Å². The van der Waals surface area contributed by atoms with Gasteiger partial charge in [0.1, 0.15) is 5.75 Å². The van der Waals surface area contributed by atoms with Crippen molar-refractivity contribution in [1.29, 1.82) is 0 Å². The van der Waals surface area contributed by atoms with Crippen LogP contribution in [0.4, 0.5) is 13.2 Å². The summed E-state index contributed by atoms with van der Waals surface area (Å²) in [4.78, 5) is 0. The van der Waals surface area contributed by atoms with Crippen LogP contribution in [0.1, 0.15) is 12.0 Å². The van der Waals surface area contributed by atoms with E-state index in [-0.39, 0.29) is 12.4 Å². The fourth-order valence-corrected chi connectivity index (χ4v) is 1.11. The number of hydrogen-bond acceptors (Lipinski definition) is 2. The predicted octanol–water partition coefficient (Wildman–Crippen LogP) is 2.98. The zero-order valence-electron chi connectivity index (χ0n) is 8.37. The SMILES string of the molecule is OCCC=Cc1cccc(OC(F)(F)F)c1. The number of rotatable bonds is 4. The molecule has 16 heavy (non-hydrogen) atoms. The lowest BCUT2D eigenvalue weighted by molar-refractivity contribution is -0.274. The van der Waals surface area contributed by atoms with Crippen molar-refractivity contribution in [3.63, 3.8) is 0 Å². The van der Waals surface area contributed by atoms with Crippen LogP contribution in [0.3, 0.4) is 0 Å². The number of halogens is 3. The van der Waals surface area contributed by atoms with E-state index in [1.54, 1.807) is 18.2 Å². The molecule has 0 heterocycles. The maximum atomic E-state index is 11.9. The fraction of sp³-hybridized carbons (Fsp3) is 0.273. The number of aliphatic hydroxyl groups excluding tert-OH is 1. The van der Waals surface area contributed by atoms with E-state index < -0.39 is 6.36 Å². The first-order valence-corrected chi connectivity index (χ1v) is 4.64. The van der Waals surface area contributed by atoms with E-state index in [1.807, 2.05) is 0 Å². The van der Waals surface area contributed by atoms with E-state index in [0.717, 1.165) is 0 Å². The van der Waals surface area contributed by atoms with E-state index in [4.69, 9.17) is 5.11 Å². The number of benzene rings is 1. The molecule has 0 atom stereocenters. The number of alkyl halides is 3. The van der Waals surface area contributed by atoms with Gasteiger partial charge in [0.2, 0.25) is 0 Å². The standard InChI is InChI=1S/C11H11F3O2/c12-11(13,14)16-10-6-3-5-9(8-10)4-1-2-7-15/h1,3-6,8,15H,2,7H2. The lowest BCUT2D eigenvalue weighted by atomic mass is 10.2. The summed E-state index contributed by atoms with van der Waals surface area (Å²) in [5, 5.41) is 8.53. The largest absolute Gasteiger partial charge is 0.573 e. The molecule has 5 heteroatoms. The van der Waals surface area contributed by atoms with Crippen molar-refractivity contribution < 1.29 is 23.0 Å². The highest BCUT2D eigenvalue weighted by atomic mass is 19.4. The third-order valence-electron chi connectivity index (χ3n) is 1.70. The van der Waals surface area contributed by atoms with Crippen molar-refractivity contribution in [2.75, 3.05) is 6.61 Å². The van der Waals surface area contributed by atoms with Crippen LogP contribution < -0.4 is 4.74 Å². The minimum atomic E-state index is -4.67. The Morgan fingerprint density at radius 3 is 2.69 bits per heavy atom. The van der Waals surface area contributed by atoms with Crippen LogP contribution in [0.25, 0.3) is 6.08 Å². The van der Waals surface area contributed by atoms with Gasteiger partial charge in [0.05, 0.1) is 0 Å². The summed E-state index contributed by atoms with van der Waals surface area (Å²) in [7, 11) is 0. The normalized spacial score (nSPS) is 12.0. The monoisotopic (exact) mass is 232 g/mol.